The van der Waals surface area contributed by atoms with E-state index in [-0.39, 0.29) is 12.1 Å². The number of aromatic nitrogens is 4. The zero-order chi connectivity index (χ0) is 22.7. The van der Waals surface area contributed by atoms with E-state index in [0.717, 1.165) is 23.4 Å². The summed E-state index contributed by atoms with van der Waals surface area (Å²) in [5.41, 5.74) is 2.80. The molecule has 4 rings (SSSR count). The lowest BCUT2D eigenvalue weighted by Crippen LogP contribution is -2.11. The minimum Gasteiger partial charge on any atom is -0.503 e. The molecule has 0 saturated carbocycles. The Hall–Kier alpha value is -3.73. The van der Waals surface area contributed by atoms with E-state index in [2.05, 4.69) is 54.7 Å². The number of nitrogens with one attached hydrogen (secondary N) is 1. The maximum absolute atomic E-state index is 13.4. The van der Waals surface area contributed by atoms with Crippen molar-refractivity contribution in [1.29, 1.82) is 0 Å². The van der Waals surface area contributed by atoms with E-state index in [1.165, 1.54) is 5.56 Å². The van der Waals surface area contributed by atoms with Crippen molar-refractivity contribution >= 4 is 17.3 Å². The van der Waals surface area contributed by atoms with Crippen molar-refractivity contribution in [3.8, 4) is 17.2 Å². The monoisotopic (exact) mass is 433 g/mol. The van der Waals surface area contributed by atoms with Gasteiger partial charge in [-0.25, -0.2) is 13.8 Å². The number of carbonyl (C=O) groups excluding carboxylic acids is 1. The molecule has 0 fully saturated rings. The lowest BCUT2D eigenvalue weighted by atomic mass is 10.2. The molecule has 0 atom stereocenters. The highest BCUT2D eigenvalue weighted by molar-refractivity contribution is 5.75. The Morgan fingerprint density at radius 2 is 1.90 bits per heavy atom. The number of aryl methyl sites for hydroxylation is 1. The molecule has 0 aliphatic carbocycles. The van der Waals surface area contributed by atoms with Crippen molar-refractivity contribution in [2.75, 3.05) is 14.1 Å². The van der Waals surface area contributed by atoms with Crippen LogP contribution in [0.4, 0.5) is 13.2 Å². The molecule has 0 aliphatic heterocycles. The fourth-order valence-electron chi connectivity index (χ4n) is 2.69. The maximum atomic E-state index is 13.4. The smallest absolute Gasteiger partial charge is 0.261 e. The third-order valence-electron chi connectivity index (χ3n) is 4.06. The van der Waals surface area contributed by atoms with Gasteiger partial charge in [0.25, 0.3) is 5.89 Å². The number of fused-ring (bicyclic) bond motifs is 1. The molecule has 162 valence electrons. The second kappa shape index (κ2) is 8.96. The molecule has 2 aromatic carbocycles. The van der Waals surface area contributed by atoms with Gasteiger partial charge in [-0.15, -0.1) is 0 Å². The first-order chi connectivity index (χ1) is 14.7. The summed E-state index contributed by atoms with van der Waals surface area (Å²) in [6.07, 6.45) is 0.227. The Kier molecular flexibility index (Phi) is 6.35. The van der Waals surface area contributed by atoms with Crippen molar-refractivity contribution in [3.05, 3.63) is 58.9 Å². The highest BCUT2D eigenvalue weighted by Crippen LogP contribution is 2.31. The van der Waals surface area contributed by atoms with Gasteiger partial charge in [-0.3, -0.25) is 4.79 Å². The van der Waals surface area contributed by atoms with Crippen molar-refractivity contribution in [1.82, 2.24) is 25.0 Å². The van der Waals surface area contributed by atoms with E-state index in [9.17, 15) is 18.0 Å². The quantitative estimate of drug-likeness (QED) is 0.374. The van der Waals surface area contributed by atoms with Gasteiger partial charge in [-0.2, -0.15) is 9.37 Å². The van der Waals surface area contributed by atoms with Gasteiger partial charge in [0.15, 0.2) is 23.7 Å². The predicted octanol–water partition coefficient (Wildman–Crippen LogP) is 3.60. The van der Waals surface area contributed by atoms with E-state index in [0.29, 0.717) is 6.07 Å². The molecular weight excluding hydrogens is 415 g/mol. The molecule has 2 heterocycles. The standard InChI is InChI=1S/C11H15N3.C9H3F3N2O3/c1-8-4-5-9-10(6-8)13-11(12-9)7-14(2)3;10-4-1-3(6(11)8(16)7(4)12)9-13-5(2-15)14-17-9/h4-6H,7H2,1-3H3,(H,12,13);1-2,16H. The van der Waals surface area contributed by atoms with E-state index in [1.807, 2.05) is 14.1 Å². The van der Waals surface area contributed by atoms with E-state index in [1.54, 1.807) is 0 Å². The van der Waals surface area contributed by atoms with Crippen molar-refractivity contribution in [2.24, 2.45) is 0 Å². The molecular formula is C20H18F3N5O3. The van der Waals surface area contributed by atoms with Crippen LogP contribution in [-0.2, 0) is 6.54 Å². The Bertz CT molecular complexity index is 1240. The van der Waals surface area contributed by atoms with Crippen molar-refractivity contribution < 1.29 is 27.6 Å². The molecule has 0 bridgehead atoms. The molecule has 8 nitrogen and oxygen atoms in total. The molecule has 0 saturated heterocycles. The van der Waals surface area contributed by atoms with Gasteiger partial charge in [-0.05, 0) is 44.8 Å². The lowest BCUT2D eigenvalue weighted by molar-refractivity contribution is 0.111. The Labute approximate surface area is 174 Å². The minimum atomic E-state index is -1.72. The van der Waals surface area contributed by atoms with Gasteiger partial charge in [0.2, 0.25) is 11.6 Å². The first-order valence-corrected chi connectivity index (χ1v) is 8.95. The third-order valence-corrected chi connectivity index (χ3v) is 4.06. The molecule has 0 radical (unpaired) electrons. The van der Waals surface area contributed by atoms with E-state index in [4.69, 9.17) is 5.11 Å². The number of H-pyrrole nitrogens is 1. The fourth-order valence-corrected chi connectivity index (χ4v) is 2.69. The van der Waals surface area contributed by atoms with E-state index >= 15 is 0 Å². The van der Waals surface area contributed by atoms with Crippen LogP contribution in [0, 0.1) is 24.4 Å². The number of hydrogen-bond acceptors (Lipinski definition) is 7. The number of imidazole rings is 1. The second-order valence-electron chi connectivity index (χ2n) is 6.90. The van der Waals surface area contributed by atoms with Gasteiger partial charge in [0, 0.05) is 0 Å². The highest BCUT2D eigenvalue weighted by atomic mass is 19.2. The zero-order valence-corrected chi connectivity index (χ0v) is 16.8. The summed E-state index contributed by atoms with van der Waals surface area (Å²) in [4.78, 5) is 23.6. The SMILES string of the molecule is Cc1ccc2nc(CN(C)C)[nH]c2c1.O=Cc1noc(-c2cc(F)c(F)c(O)c2F)n1. The van der Waals surface area contributed by atoms with Crippen LogP contribution in [0.5, 0.6) is 5.75 Å². The van der Waals surface area contributed by atoms with Gasteiger partial charge in [-0.1, -0.05) is 11.2 Å². The maximum Gasteiger partial charge on any atom is 0.261 e. The van der Waals surface area contributed by atoms with Crippen LogP contribution in [0.25, 0.3) is 22.5 Å². The van der Waals surface area contributed by atoms with Crippen LogP contribution in [0.2, 0.25) is 0 Å². The Morgan fingerprint density at radius 3 is 2.55 bits per heavy atom. The second-order valence-corrected chi connectivity index (χ2v) is 6.90. The molecule has 0 aliphatic rings. The number of halogens is 3. The number of phenols is 1. The van der Waals surface area contributed by atoms with Gasteiger partial charge in [0.1, 0.15) is 5.82 Å². The van der Waals surface area contributed by atoms with Crippen molar-refractivity contribution in [2.45, 2.75) is 13.5 Å². The number of aromatic amines is 1. The van der Waals surface area contributed by atoms with Gasteiger partial charge < -0.3 is 19.5 Å². The number of carbonyl (C=O) groups is 1. The molecule has 2 N–H and O–H groups in total. The Morgan fingerprint density at radius 1 is 1.16 bits per heavy atom. The predicted molar refractivity (Wildman–Crippen MR) is 105 cm³/mol. The van der Waals surface area contributed by atoms with Gasteiger partial charge in [0.05, 0.1) is 23.1 Å². The molecule has 2 aromatic heterocycles. The van der Waals surface area contributed by atoms with E-state index < -0.39 is 34.7 Å². The summed E-state index contributed by atoms with van der Waals surface area (Å²) < 4.78 is 43.5. The zero-order valence-electron chi connectivity index (χ0n) is 16.8. The summed E-state index contributed by atoms with van der Waals surface area (Å²) in [5.74, 6) is -6.06. The number of benzene rings is 2. The molecule has 31 heavy (non-hydrogen) atoms. The Balaban J connectivity index is 0.000000179. The normalized spacial score (nSPS) is 10.9. The fraction of sp³-hybridized carbons (Fsp3) is 0.200. The summed E-state index contributed by atoms with van der Waals surface area (Å²) in [6, 6.07) is 6.71. The third kappa shape index (κ3) is 4.89. The van der Waals surface area contributed by atoms with Crippen LogP contribution in [0.1, 0.15) is 22.0 Å². The molecule has 11 heteroatoms. The van der Waals surface area contributed by atoms with Crippen molar-refractivity contribution in [3.63, 3.8) is 0 Å². The average Bonchev–Trinajstić information content (AvgIpc) is 3.35. The molecule has 0 spiro atoms. The topological polar surface area (TPSA) is 108 Å². The summed E-state index contributed by atoms with van der Waals surface area (Å²) in [5, 5.41) is 12.1. The molecule has 4 aromatic rings. The number of rotatable bonds is 4. The minimum absolute atomic E-state index is 0.227. The van der Waals surface area contributed by atoms with Gasteiger partial charge >= 0.3 is 0 Å². The average molecular weight is 433 g/mol. The first-order valence-electron chi connectivity index (χ1n) is 8.95. The molecule has 0 unspecified atom stereocenters. The number of aromatic hydroxyl groups is 1. The number of nitrogens with zero attached hydrogens (tertiary/aromatic N) is 4. The number of aldehydes is 1. The summed E-state index contributed by atoms with van der Waals surface area (Å²) in [6.45, 7) is 2.94. The van der Waals surface area contributed by atoms with Crippen LogP contribution in [0.15, 0.2) is 28.8 Å². The van der Waals surface area contributed by atoms with Crippen LogP contribution in [0.3, 0.4) is 0 Å². The number of hydrogen-bond donors (Lipinski definition) is 2. The summed E-state index contributed by atoms with van der Waals surface area (Å²) in [7, 11) is 4.08. The van der Waals surface area contributed by atoms with Crippen LogP contribution < -0.4 is 0 Å². The number of phenolic OH excluding ortho intramolecular Hbond substituents is 1. The molecule has 0 amide bonds. The summed E-state index contributed by atoms with van der Waals surface area (Å²) >= 11 is 0. The van der Waals surface area contributed by atoms with Crippen LogP contribution in [-0.4, -0.2) is 50.5 Å². The lowest BCUT2D eigenvalue weighted by Gasteiger charge is -2.04. The largest absolute Gasteiger partial charge is 0.503 e. The highest BCUT2D eigenvalue weighted by Gasteiger charge is 2.22. The van der Waals surface area contributed by atoms with Crippen LogP contribution >= 0.6 is 0 Å². The first kappa shape index (κ1) is 22.0.